The molecule has 2 aromatic rings. The number of halogens is 1. The normalized spacial score (nSPS) is 17.2. The summed E-state index contributed by atoms with van der Waals surface area (Å²) in [6.45, 7) is 1.65. The van der Waals surface area contributed by atoms with Crippen LogP contribution in [0.25, 0.3) is 0 Å². The van der Waals surface area contributed by atoms with E-state index in [1.807, 2.05) is 0 Å². The van der Waals surface area contributed by atoms with Crippen molar-refractivity contribution in [1.82, 2.24) is 0 Å². The first-order valence-electron chi connectivity index (χ1n) is 8.21. The summed E-state index contributed by atoms with van der Waals surface area (Å²) < 4.78 is 29.9. The van der Waals surface area contributed by atoms with E-state index in [2.05, 4.69) is 5.32 Å². The maximum Gasteiger partial charge on any atom is 0.262 e. The Labute approximate surface area is 148 Å². The number of hydrogen-bond acceptors (Lipinski definition) is 5. The van der Waals surface area contributed by atoms with Gasteiger partial charge in [-0.25, -0.2) is 4.39 Å². The first kappa shape index (κ1) is 16.4. The first-order valence-corrected chi connectivity index (χ1v) is 8.21. The van der Waals surface area contributed by atoms with Gasteiger partial charge in [0.05, 0.1) is 5.56 Å². The molecule has 1 N–H and O–H groups in total. The van der Waals surface area contributed by atoms with Crippen LogP contribution in [-0.4, -0.2) is 25.1 Å². The van der Waals surface area contributed by atoms with Crippen LogP contribution < -0.4 is 19.5 Å². The van der Waals surface area contributed by atoms with Gasteiger partial charge in [0.1, 0.15) is 11.6 Å². The molecule has 1 aliphatic carbocycles. The molecule has 1 atom stereocenters. The summed E-state index contributed by atoms with van der Waals surface area (Å²) in [5.74, 6) is 0.225. The van der Waals surface area contributed by atoms with Crippen LogP contribution in [0.3, 0.4) is 0 Å². The standard InChI is InChI=1S/C19H16FNO5/c1-10-6-13(22)19-15(5-3-12(20)18(10)19)24-8-17(23)21-11-2-4-14-16(7-11)26-9-25-14/h2-5,7,10H,6,8-9H2,1H3,(H,21,23)/t10-/m0/s1. The third kappa shape index (κ3) is 2.85. The topological polar surface area (TPSA) is 73.9 Å². The predicted molar refractivity (Wildman–Crippen MR) is 90.5 cm³/mol. The van der Waals surface area contributed by atoms with Crippen LogP contribution in [0, 0.1) is 5.82 Å². The van der Waals surface area contributed by atoms with Gasteiger partial charge in [-0.3, -0.25) is 9.59 Å². The molecule has 4 rings (SSSR count). The predicted octanol–water partition coefficient (Wildman–Crippen LogP) is 3.26. The lowest BCUT2D eigenvalue weighted by Gasteiger charge is -2.12. The van der Waals surface area contributed by atoms with E-state index in [0.29, 0.717) is 22.7 Å². The monoisotopic (exact) mass is 357 g/mol. The molecule has 0 bridgehead atoms. The largest absolute Gasteiger partial charge is 0.483 e. The number of anilines is 1. The number of nitrogens with one attached hydrogen (secondary N) is 1. The highest BCUT2D eigenvalue weighted by Gasteiger charge is 2.32. The number of hydrogen-bond donors (Lipinski definition) is 1. The second-order valence-corrected chi connectivity index (χ2v) is 6.27. The van der Waals surface area contributed by atoms with E-state index in [0.717, 1.165) is 0 Å². The Kier molecular flexibility index (Phi) is 3.99. The smallest absolute Gasteiger partial charge is 0.262 e. The highest BCUT2D eigenvalue weighted by atomic mass is 19.1. The Bertz CT molecular complexity index is 911. The lowest BCUT2D eigenvalue weighted by Crippen LogP contribution is -2.20. The molecule has 0 spiro atoms. The minimum atomic E-state index is -0.421. The van der Waals surface area contributed by atoms with Crippen LogP contribution in [0.15, 0.2) is 30.3 Å². The van der Waals surface area contributed by atoms with Crippen molar-refractivity contribution in [2.24, 2.45) is 0 Å². The van der Waals surface area contributed by atoms with Crippen LogP contribution in [0.5, 0.6) is 17.2 Å². The van der Waals surface area contributed by atoms with Crippen LogP contribution in [0.2, 0.25) is 0 Å². The van der Waals surface area contributed by atoms with Crippen molar-refractivity contribution in [1.29, 1.82) is 0 Å². The Balaban J connectivity index is 1.45. The van der Waals surface area contributed by atoms with Gasteiger partial charge < -0.3 is 19.5 Å². The molecule has 0 aromatic heterocycles. The number of rotatable bonds is 4. The highest BCUT2D eigenvalue weighted by Crippen LogP contribution is 2.39. The SMILES string of the molecule is C[C@H]1CC(=O)c2c(OCC(=O)Nc3ccc4c(c3)OCO4)ccc(F)c21. The van der Waals surface area contributed by atoms with Crippen LogP contribution >= 0.6 is 0 Å². The van der Waals surface area contributed by atoms with Crippen LogP contribution in [0.1, 0.15) is 35.2 Å². The zero-order chi connectivity index (χ0) is 18.3. The fourth-order valence-electron chi connectivity index (χ4n) is 3.26. The number of ether oxygens (including phenoxy) is 3. The highest BCUT2D eigenvalue weighted by molar-refractivity contribution is 6.04. The van der Waals surface area contributed by atoms with E-state index in [9.17, 15) is 14.0 Å². The quantitative estimate of drug-likeness (QED) is 0.909. The number of amides is 1. The summed E-state index contributed by atoms with van der Waals surface area (Å²) in [5.41, 5.74) is 1.15. The van der Waals surface area contributed by atoms with Crippen molar-refractivity contribution < 1.29 is 28.2 Å². The lowest BCUT2D eigenvalue weighted by atomic mass is 10.0. The molecule has 1 heterocycles. The third-order valence-electron chi connectivity index (χ3n) is 4.43. The molecule has 26 heavy (non-hydrogen) atoms. The van der Waals surface area contributed by atoms with Crippen molar-refractivity contribution in [2.45, 2.75) is 19.3 Å². The van der Waals surface area contributed by atoms with E-state index in [4.69, 9.17) is 14.2 Å². The summed E-state index contributed by atoms with van der Waals surface area (Å²) in [4.78, 5) is 24.3. The van der Waals surface area contributed by atoms with Gasteiger partial charge in [0.15, 0.2) is 23.9 Å². The second-order valence-electron chi connectivity index (χ2n) is 6.27. The summed E-state index contributed by atoms with van der Waals surface area (Å²) in [7, 11) is 0. The molecule has 1 aliphatic heterocycles. The Hall–Kier alpha value is -3.09. The Morgan fingerprint density at radius 1 is 1.27 bits per heavy atom. The van der Waals surface area contributed by atoms with Crippen molar-refractivity contribution >= 4 is 17.4 Å². The molecule has 6 nitrogen and oxygen atoms in total. The molecule has 134 valence electrons. The van der Waals surface area contributed by atoms with Crippen molar-refractivity contribution in [3.8, 4) is 17.2 Å². The van der Waals surface area contributed by atoms with Gasteiger partial charge in [-0.05, 0) is 30.2 Å². The first-order chi connectivity index (χ1) is 12.5. The van der Waals surface area contributed by atoms with Gasteiger partial charge in [-0.2, -0.15) is 0 Å². The summed E-state index contributed by atoms with van der Waals surface area (Å²) in [5, 5.41) is 2.68. The molecule has 0 saturated heterocycles. The number of fused-ring (bicyclic) bond motifs is 2. The molecule has 1 amide bonds. The Morgan fingerprint density at radius 2 is 2.08 bits per heavy atom. The fourth-order valence-corrected chi connectivity index (χ4v) is 3.26. The van der Waals surface area contributed by atoms with E-state index in [1.54, 1.807) is 25.1 Å². The fraction of sp³-hybridized carbons (Fsp3) is 0.263. The molecule has 0 fully saturated rings. The molecule has 2 aliphatic rings. The van der Waals surface area contributed by atoms with Gasteiger partial charge in [0.2, 0.25) is 6.79 Å². The average Bonchev–Trinajstić information content (AvgIpc) is 3.19. The average molecular weight is 357 g/mol. The van der Waals surface area contributed by atoms with E-state index >= 15 is 0 Å². The summed E-state index contributed by atoms with van der Waals surface area (Å²) in [6.07, 6.45) is 0.246. The summed E-state index contributed by atoms with van der Waals surface area (Å²) in [6, 6.07) is 7.69. The van der Waals surface area contributed by atoms with Crippen molar-refractivity contribution in [3.63, 3.8) is 0 Å². The van der Waals surface area contributed by atoms with Crippen LogP contribution in [-0.2, 0) is 4.79 Å². The number of ketones is 1. The van der Waals surface area contributed by atoms with Gasteiger partial charge in [-0.15, -0.1) is 0 Å². The van der Waals surface area contributed by atoms with E-state index in [1.165, 1.54) is 12.1 Å². The molecular formula is C19H16FNO5. The van der Waals surface area contributed by atoms with E-state index in [-0.39, 0.29) is 42.8 Å². The zero-order valence-corrected chi connectivity index (χ0v) is 14.0. The number of Topliss-reactive ketones (excluding diaryl/α,β-unsaturated/α-hetero) is 1. The third-order valence-corrected chi connectivity index (χ3v) is 4.43. The maximum absolute atomic E-state index is 14.0. The number of benzene rings is 2. The lowest BCUT2D eigenvalue weighted by molar-refractivity contribution is -0.118. The molecule has 0 radical (unpaired) electrons. The second kappa shape index (κ2) is 6.33. The molecule has 7 heteroatoms. The Morgan fingerprint density at radius 3 is 2.92 bits per heavy atom. The van der Waals surface area contributed by atoms with Crippen LogP contribution in [0.4, 0.5) is 10.1 Å². The van der Waals surface area contributed by atoms with Gasteiger partial charge in [0.25, 0.3) is 5.91 Å². The molecule has 2 aromatic carbocycles. The maximum atomic E-state index is 14.0. The van der Waals surface area contributed by atoms with Gasteiger partial charge >= 0.3 is 0 Å². The van der Waals surface area contributed by atoms with Crippen molar-refractivity contribution in [2.75, 3.05) is 18.7 Å². The minimum Gasteiger partial charge on any atom is -0.483 e. The zero-order valence-electron chi connectivity index (χ0n) is 14.0. The number of carbonyl (C=O) groups is 2. The molecule has 0 saturated carbocycles. The van der Waals surface area contributed by atoms with E-state index < -0.39 is 11.7 Å². The van der Waals surface area contributed by atoms with Gasteiger partial charge in [0, 0.05) is 23.7 Å². The molecule has 0 unspecified atom stereocenters. The number of carbonyl (C=O) groups excluding carboxylic acids is 2. The summed E-state index contributed by atoms with van der Waals surface area (Å²) >= 11 is 0. The van der Waals surface area contributed by atoms with Crippen molar-refractivity contribution in [3.05, 3.63) is 47.3 Å². The molecular weight excluding hydrogens is 341 g/mol. The minimum absolute atomic E-state index is 0.151. The van der Waals surface area contributed by atoms with Gasteiger partial charge in [-0.1, -0.05) is 6.92 Å².